The second kappa shape index (κ2) is 11.6. The molecule has 0 radical (unpaired) electrons. The van der Waals surface area contributed by atoms with Crippen molar-refractivity contribution in [1.82, 2.24) is 24.9 Å². The van der Waals surface area contributed by atoms with Gasteiger partial charge in [-0.15, -0.1) is 0 Å². The second-order valence-electron chi connectivity index (χ2n) is 11.8. The Morgan fingerprint density at radius 3 is 1.04 bits per heavy atom. The van der Waals surface area contributed by atoms with Crippen LogP contribution in [-0.2, 0) is 0 Å². The number of hydrogen-bond acceptors (Lipinski definition) is 5. The number of rotatable bonds is 2. The lowest BCUT2D eigenvalue weighted by Crippen LogP contribution is -1.94. The van der Waals surface area contributed by atoms with Crippen molar-refractivity contribution in [3.63, 3.8) is 0 Å². The van der Waals surface area contributed by atoms with Crippen LogP contribution in [0.1, 0.15) is 0 Å². The van der Waals surface area contributed by atoms with Gasteiger partial charge in [-0.2, -0.15) is 0 Å². The van der Waals surface area contributed by atoms with Crippen LogP contribution in [0.2, 0.25) is 0 Å². The maximum Gasteiger partial charge on any atom is 0.164 e. The highest BCUT2D eigenvalue weighted by Crippen LogP contribution is 2.26. The molecule has 0 saturated heterocycles. The summed E-state index contributed by atoms with van der Waals surface area (Å²) >= 11 is 0. The number of fused-ring (bicyclic) bond motifs is 18. The first-order chi connectivity index (χ1) is 23.7. The van der Waals surface area contributed by atoms with Crippen molar-refractivity contribution in [2.24, 2.45) is 0 Å². The molecule has 0 aliphatic carbocycles. The Balaban J connectivity index is 1.47. The van der Waals surface area contributed by atoms with Crippen LogP contribution in [0, 0.1) is 0 Å². The topological polar surface area (TPSA) is 64.5 Å². The lowest BCUT2D eigenvalue weighted by atomic mass is 10.1. The molecule has 5 nitrogen and oxygen atoms in total. The summed E-state index contributed by atoms with van der Waals surface area (Å²) in [6.07, 6.45) is 0. The molecule has 0 saturated carbocycles. The van der Waals surface area contributed by atoms with Crippen molar-refractivity contribution in [1.29, 1.82) is 0 Å². The van der Waals surface area contributed by atoms with E-state index in [0.717, 1.165) is 65.3 Å². The highest BCUT2D eigenvalue weighted by molar-refractivity contribution is 5.98. The van der Waals surface area contributed by atoms with Gasteiger partial charge in [-0.05, 0) is 51.9 Å². The fourth-order valence-corrected chi connectivity index (χ4v) is 6.20. The summed E-state index contributed by atoms with van der Waals surface area (Å²) in [6, 6.07) is 56.2. The molecule has 9 aromatic rings. The maximum atomic E-state index is 5.09. The van der Waals surface area contributed by atoms with Crippen LogP contribution in [0.3, 0.4) is 0 Å². The molecular formula is C43H27N5. The smallest absolute Gasteiger partial charge is 0.164 e. The van der Waals surface area contributed by atoms with Gasteiger partial charge in [0.25, 0.3) is 0 Å². The Morgan fingerprint density at radius 2 is 0.604 bits per heavy atom. The van der Waals surface area contributed by atoms with Crippen molar-refractivity contribution in [3.8, 4) is 22.8 Å². The van der Waals surface area contributed by atoms with Crippen molar-refractivity contribution >= 4 is 65.4 Å². The van der Waals surface area contributed by atoms with Crippen LogP contribution < -0.4 is 0 Å². The van der Waals surface area contributed by atoms with Crippen LogP contribution in [0.4, 0.5) is 0 Å². The summed E-state index contributed by atoms with van der Waals surface area (Å²) in [6.45, 7) is 0. The molecule has 12 bridgehead atoms. The fraction of sp³-hybridized carbons (Fsp3) is 0. The van der Waals surface area contributed by atoms with Gasteiger partial charge in [0.2, 0.25) is 0 Å². The summed E-state index contributed by atoms with van der Waals surface area (Å²) in [5, 5.41) is 8.12. The number of nitrogens with zero attached hydrogens (tertiary/aromatic N) is 5. The van der Waals surface area contributed by atoms with E-state index in [4.69, 9.17) is 24.9 Å². The van der Waals surface area contributed by atoms with Crippen LogP contribution in [-0.4, -0.2) is 24.9 Å². The van der Waals surface area contributed by atoms with E-state index in [1.54, 1.807) is 0 Å². The molecule has 0 fully saturated rings. The standard InChI is InChI=1S/C43H27N5/c1-3-11-28(12-4-1)40-44-38-27-39(45-40)35-20-8-16-31(24-35)33-18-10-22-37(26-33)43-47-41(29-13-5-2-6-14-29)46-42(48-43)36-21-9-17-32(25-36)30-15-7-19-34(38)23-30/h1-27H. The van der Waals surface area contributed by atoms with E-state index in [0.29, 0.717) is 22.9 Å². The molecule has 3 aromatic heterocycles. The molecule has 48 heavy (non-hydrogen) atoms. The fourth-order valence-electron chi connectivity index (χ4n) is 6.20. The highest BCUT2D eigenvalue weighted by atomic mass is 15.0. The summed E-state index contributed by atoms with van der Waals surface area (Å²) in [5.41, 5.74) is 4.88. The van der Waals surface area contributed by atoms with E-state index in [-0.39, 0.29) is 0 Å². The zero-order chi connectivity index (χ0) is 31.9. The molecule has 0 spiro atoms. The Hall–Kier alpha value is -6.59. The quantitative estimate of drug-likeness (QED) is 0.194. The first kappa shape index (κ1) is 27.7. The molecule has 0 unspecified atom stereocenters. The Morgan fingerprint density at radius 1 is 0.250 bits per heavy atom. The molecule has 5 heteroatoms. The molecule has 3 heterocycles. The van der Waals surface area contributed by atoms with Crippen LogP contribution in [0.25, 0.3) is 88.2 Å². The van der Waals surface area contributed by atoms with Gasteiger partial charge in [0.1, 0.15) is 0 Å². The Bertz CT molecular complexity index is 2440. The second-order valence-corrected chi connectivity index (χ2v) is 11.8. The van der Waals surface area contributed by atoms with Crippen LogP contribution in [0.15, 0.2) is 164 Å². The van der Waals surface area contributed by atoms with Gasteiger partial charge in [-0.25, -0.2) is 24.9 Å². The SMILES string of the molecule is c1ccc(-c2nc3cc(n2)c2cccc(c2)c2cccc(c2)c2nc(-c4ccccc4)nc(n2)c2cccc(c2)c2cccc3c2)cc1. The average Bonchev–Trinajstić information content (AvgIpc) is 3.18. The van der Waals surface area contributed by atoms with E-state index < -0.39 is 0 Å². The molecule has 6 aromatic carbocycles. The number of benzene rings is 6. The van der Waals surface area contributed by atoms with Crippen LogP contribution >= 0.6 is 0 Å². The van der Waals surface area contributed by atoms with Gasteiger partial charge in [0.05, 0.1) is 11.0 Å². The lowest BCUT2D eigenvalue weighted by Gasteiger charge is -2.05. The predicted molar refractivity (Wildman–Crippen MR) is 198 cm³/mol. The number of hydrogen-bond donors (Lipinski definition) is 0. The minimum atomic E-state index is 0.623. The molecule has 224 valence electrons. The molecule has 0 aliphatic heterocycles. The summed E-state index contributed by atoms with van der Waals surface area (Å²) in [7, 11) is 0. The zero-order valence-corrected chi connectivity index (χ0v) is 25.8. The first-order valence-corrected chi connectivity index (χ1v) is 15.9. The maximum absolute atomic E-state index is 5.09. The normalized spacial score (nSPS) is 11.3. The van der Waals surface area contributed by atoms with Gasteiger partial charge >= 0.3 is 0 Å². The monoisotopic (exact) mass is 613 g/mol. The lowest BCUT2D eigenvalue weighted by molar-refractivity contribution is 1.18. The summed E-state index contributed by atoms with van der Waals surface area (Å²) in [5.74, 6) is 1.32. The molecule has 0 N–H and O–H groups in total. The third kappa shape index (κ3) is 5.23. The molecule has 0 atom stereocenters. The summed E-state index contributed by atoms with van der Waals surface area (Å²) in [4.78, 5) is 25.2. The van der Waals surface area contributed by atoms with Gasteiger partial charge < -0.3 is 0 Å². The predicted octanol–water partition coefficient (Wildman–Crippen LogP) is 10.6. The summed E-state index contributed by atoms with van der Waals surface area (Å²) < 4.78 is 0. The van der Waals surface area contributed by atoms with E-state index in [1.165, 1.54) is 0 Å². The number of aromatic nitrogens is 5. The third-order valence-corrected chi connectivity index (χ3v) is 8.65. The third-order valence-electron chi connectivity index (χ3n) is 8.65. The molecular weight excluding hydrogens is 587 g/mol. The minimum absolute atomic E-state index is 0.623. The largest absolute Gasteiger partial charge is 0.228 e. The minimum Gasteiger partial charge on any atom is -0.228 e. The first-order valence-electron chi connectivity index (χ1n) is 15.9. The van der Waals surface area contributed by atoms with Gasteiger partial charge in [0.15, 0.2) is 22.9 Å². The van der Waals surface area contributed by atoms with Gasteiger partial charge in [-0.1, -0.05) is 133 Å². The molecule has 0 aliphatic rings. The highest BCUT2D eigenvalue weighted by Gasteiger charge is 2.08. The van der Waals surface area contributed by atoms with Crippen LogP contribution in [0.5, 0.6) is 0 Å². The van der Waals surface area contributed by atoms with Crippen molar-refractivity contribution in [2.45, 2.75) is 0 Å². The average molecular weight is 614 g/mol. The van der Waals surface area contributed by atoms with Crippen molar-refractivity contribution < 1.29 is 0 Å². The van der Waals surface area contributed by atoms with E-state index in [2.05, 4.69) is 115 Å². The van der Waals surface area contributed by atoms with Gasteiger partial charge in [-0.3, -0.25) is 0 Å². The molecule has 0 amide bonds. The van der Waals surface area contributed by atoms with Crippen molar-refractivity contribution in [2.75, 3.05) is 0 Å². The van der Waals surface area contributed by atoms with E-state index >= 15 is 0 Å². The van der Waals surface area contributed by atoms with E-state index in [9.17, 15) is 0 Å². The van der Waals surface area contributed by atoms with Gasteiger partial charge in [0, 0.05) is 32.7 Å². The Kier molecular flexibility index (Phi) is 6.72. The molecule has 9 rings (SSSR count). The van der Waals surface area contributed by atoms with Crippen molar-refractivity contribution in [3.05, 3.63) is 164 Å². The zero-order valence-electron chi connectivity index (χ0n) is 25.8. The Labute approximate surface area is 276 Å². The van der Waals surface area contributed by atoms with E-state index in [1.807, 2.05) is 48.5 Å².